The molecule has 2 aliphatic heterocycles. The molecule has 37 heavy (non-hydrogen) atoms. The molecule has 4 heterocycles. The van der Waals surface area contributed by atoms with Crippen LogP contribution in [0.5, 0.6) is 17.2 Å². The van der Waals surface area contributed by atoms with Crippen LogP contribution in [0.2, 0.25) is 0 Å². The first-order valence-corrected chi connectivity index (χ1v) is 12.1. The molecule has 4 aromatic rings. The van der Waals surface area contributed by atoms with Gasteiger partial charge in [-0.15, -0.1) is 0 Å². The Morgan fingerprint density at radius 3 is 2.43 bits per heavy atom. The highest BCUT2D eigenvalue weighted by Gasteiger charge is 2.48. The molecule has 0 bridgehead atoms. The van der Waals surface area contributed by atoms with Gasteiger partial charge in [0.2, 0.25) is 17.6 Å². The number of rotatable bonds is 6. The maximum atomic E-state index is 13.8. The summed E-state index contributed by atoms with van der Waals surface area (Å²) in [6.45, 7) is 0.212. The number of H-pyrrole nitrogens is 1. The van der Waals surface area contributed by atoms with E-state index in [1.54, 1.807) is 43.5 Å². The van der Waals surface area contributed by atoms with E-state index < -0.39 is 12.1 Å². The molecule has 1 unspecified atom stereocenters. The molecule has 2 aromatic carbocycles. The van der Waals surface area contributed by atoms with Gasteiger partial charge < -0.3 is 33.4 Å². The van der Waals surface area contributed by atoms with Crippen molar-refractivity contribution in [3.05, 3.63) is 77.4 Å². The molecular weight excluding hydrogens is 474 g/mol. The molecule has 2 atom stereocenters. The number of fused-ring (bicyclic) bond motifs is 4. The fourth-order valence-electron chi connectivity index (χ4n) is 5.65. The van der Waals surface area contributed by atoms with Crippen molar-refractivity contribution in [3.63, 3.8) is 0 Å². The summed E-state index contributed by atoms with van der Waals surface area (Å²) in [6, 6.07) is 14.1. The lowest BCUT2D eigenvalue weighted by Gasteiger charge is -2.47. The van der Waals surface area contributed by atoms with E-state index in [2.05, 4.69) is 4.98 Å². The Hall–Kier alpha value is -4.40. The summed E-state index contributed by atoms with van der Waals surface area (Å²) in [6.07, 6.45) is 1.98. The number of aromatic amines is 1. The molecule has 2 aromatic heterocycles. The zero-order chi connectivity index (χ0) is 25.7. The van der Waals surface area contributed by atoms with Crippen molar-refractivity contribution in [1.29, 1.82) is 0 Å². The van der Waals surface area contributed by atoms with Crippen molar-refractivity contribution in [2.75, 3.05) is 27.9 Å². The lowest BCUT2D eigenvalue weighted by atomic mass is 9.86. The highest BCUT2D eigenvalue weighted by molar-refractivity contribution is 5.97. The molecule has 1 saturated heterocycles. The Kier molecular flexibility index (Phi) is 5.55. The molecule has 0 spiro atoms. The standard InChI is InChI=1S/C28H27N3O6/c1-34-22-11-16(12-23(35-2)27(22)36-3)26-25-19(18-8-4-5-9-20(18)29-25)13-21-28(33)30(15-24(32)31(21)26)14-17-7-6-10-37-17/h4-12,21,26,29H,13-15H2,1-3H3/t21-,26?/m1/s1. The predicted molar refractivity (Wildman–Crippen MR) is 135 cm³/mol. The number of hydrogen-bond donors (Lipinski definition) is 1. The van der Waals surface area contributed by atoms with Crippen LogP contribution in [0.25, 0.3) is 10.9 Å². The average Bonchev–Trinajstić information content (AvgIpc) is 3.57. The number of piperazine rings is 1. The molecule has 9 nitrogen and oxygen atoms in total. The van der Waals surface area contributed by atoms with Gasteiger partial charge >= 0.3 is 0 Å². The van der Waals surface area contributed by atoms with Crippen molar-refractivity contribution in [1.82, 2.24) is 14.8 Å². The van der Waals surface area contributed by atoms with E-state index in [1.165, 1.54) is 0 Å². The maximum Gasteiger partial charge on any atom is 0.246 e. The maximum absolute atomic E-state index is 13.8. The van der Waals surface area contributed by atoms with Crippen LogP contribution in [0.3, 0.4) is 0 Å². The summed E-state index contributed by atoms with van der Waals surface area (Å²) in [5.41, 5.74) is 3.62. The summed E-state index contributed by atoms with van der Waals surface area (Å²) >= 11 is 0. The van der Waals surface area contributed by atoms with Crippen molar-refractivity contribution in [3.8, 4) is 17.2 Å². The van der Waals surface area contributed by atoms with E-state index in [1.807, 2.05) is 42.5 Å². The number of furan rings is 1. The molecule has 9 heteroatoms. The smallest absolute Gasteiger partial charge is 0.246 e. The molecule has 6 rings (SSSR count). The molecular formula is C28H27N3O6. The molecule has 190 valence electrons. The molecule has 0 radical (unpaired) electrons. The zero-order valence-electron chi connectivity index (χ0n) is 20.8. The number of aromatic nitrogens is 1. The number of carbonyl (C=O) groups excluding carboxylic acids is 2. The number of methoxy groups -OCH3 is 3. The topological polar surface area (TPSA) is 97.2 Å². The quantitative estimate of drug-likeness (QED) is 0.433. The second-order valence-corrected chi connectivity index (χ2v) is 9.22. The Morgan fingerprint density at radius 2 is 1.76 bits per heavy atom. The van der Waals surface area contributed by atoms with Gasteiger partial charge in [0.05, 0.1) is 40.2 Å². The van der Waals surface area contributed by atoms with Gasteiger partial charge in [-0.3, -0.25) is 9.59 Å². The zero-order valence-corrected chi connectivity index (χ0v) is 20.8. The normalized spacial score (nSPS) is 19.1. The van der Waals surface area contributed by atoms with Crippen molar-refractivity contribution in [2.45, 2.75) is 25.0 Å². The van der Waals surface area contributed by atoms with Crippen LogP contribution in [0, 0.1) is 0 Å². The monoisotopic (exact) mass is 501 g/mol. The van der Waals surface area contributed by atoms with Gasteiger partial charge in [-0.25, -0.2) is 0 Å². The third-order valence-corrected chi connectivity index (χ3v) is 7.27. The third kappa shape index (κ3) is 3.61. The number of nitrogens with one attached hydrogen (secondary N) is 1. The first-order valence-electron chi connectivity index (χ1n) is 12.1. The van der Waals surface area contributed by atoms with Crippen molar-refractivity contribution in [2.24, 2.45) is 0 Å². The highest BCUT2D eigenvalue weighted by Crippen LogP contribution is 2.47. The van der Waals surface area contributed by atoms with E-state index >= 15 is 0 Å². The van der Waals surface area contributed by atoms with Crippen LogP contribution in [-0.2, 0) is 22.6 Å². The highest BCUT2D eigenvalue weighted by atomic mass is 16.5. The van der Waals surface area contributed by atoms with Crippen LogP contribution < -0.4 is 14.2 Å². The van der Waals surface area contributed by atoms with Crippen LogP contribution in [0.4, 0.5) is 0 Å². The van der Waals surface area contributed by atoms with Gasteiger partial charge in [-0.1, -0.05) is 18.2 Å². The largest absolute Gasteiger partial charge is 0.493 e. The van der Waals surface area contributed by atoms with Crippen molar-refractivity contribution >= 4 is 22.7 Å². The number of para-hydroxylation sites is 1. The lowest BCUT2D eigenvalue weighted by molar-refractivity contribution is -0.159. The van der Waals surface area contributed by atoms with Crippen molar-refractivity contribution < 1.29 is 28.2 Å². The number of amides is 2. The lowest BCUT2D eigenvalue weighted by Crippen LogP contribution is -2.62. The number of hydrogen-bond acceptors (Lipinski definition) is 6. The fourth-order valence-corrected chi connectivity index (χ4v) is 5.65. The fraction of sp³-hybridized carbons (Fsp3) is 0.286. The molecule has 2 amide bonds. The SMILES string of the molecule is COc1cc(C2c3[nH]c4ccccc4c3C[C@@H]3C(=O)N(Cc4ccco4)CC(=O)N23)cc(OC)c1OC. The summed E-state index contributed by atoms with van der Waals surface area (Å²) in [5.74, 6) is 1.81. The van der Waals surface area contributed by atoms with Crippen LogP contribution in [0.1, 0.15) is 28.6 Å². The summed E-state index contributed by atoms with van der Waals surface area (Å²) in [7, 11) is 4.66. The van der Waals surface area contributed by atoms with Gasteiger partial charge in [0.25, 0.3) is 0 Å². The Labute approximate surface area is 213 Å². The predicted octanol–water partition coefficient (Wildman–Crippen LogP) is 3.67. The van der Waals surface area contributed by atoms with E-state index in [-0.39, 0.29) is 24.9 Å². The van der Waals surface area contributed by atoms with Gasteiger partial charge in [0, 0.05) is 23.0 Å². The van der Waals surface area contributed by atoms with Gasteiger partial charge in [0.1, 0.15) is 18.3 Å². The summed E-state index contributed by atoms with van der Waals surface area (Å²) < 4.78 is 22.2. The number of nitrogens with zero attached hydrogens (tertiary/aromatic N) is 2. The van der Waals surface area contributed by atoms with Crippen LogP contribution >= 0.6 is 0 Å². The molecule has 0 aliphatic carbocycles. The van der Waals surface area contributed by atoms with Gasteiger partial charge in [-0.05, 0) is 41.5 Å². The summed E-state index contributed by atoms with van der Waals surface area (Å²) in [4.78, 5) is 34.4. The van der Waals surface area contributed by atoms with E-state index in [9.17, 15) is 9.59 Å². The minimum Gasteiger partial charge on any atom is -0.493 e. The van der Waals surface area contributed by atoms with E-state index in [0.29, 0.717) is 29.4 Å². The molecule has 0 saturated carbocycles. The summed E-state index contributed by atoms with van der Waals surface area (Å²) in [5, 5.41) is 1.04. The Bertz CT molecular complexity index is 1470. The minimum atomic E-state index is -0.660. The minimum absolute atomic E-state index is 0.0352. The molecule has 1 N–H and O–H groups in total. The molecule has 2 aliphatic rings. The van der Waals surface area contributed by atoms with E-state index in [4.69, 9.17) is 18.6 Å². The second kappa shape index (κ2) is 8.92. The molecule has 1 fully saturated rings. The third-order valence-electron chi connectivity index (χ3n) is 7.27. The number of benzene rings is 2. The number of ether oxygens (including phenoxy) is 3. The first-order chi connectivity index (χ1) is 18.0. The second-order valence-electron chi connectivity index (χ2n) is 9.22. The first kappa shape index (κ1) is 23.0. The van der Waals surface area contributed by atoms with Gasteiger partial charge in [0.15, 0.2) is 11.5 Å². The van der Waals surface area contributed by atoms with Crippen LogP contribution in [-0.4, -0.2) is 60.5 Å². The van der Waals surface area contributed by atoms with Gasteiger partial charge in [-0.2, -0.15) is 0 Å². The Balaban J connectivity index is 1.52. The number of carbonyl (C=O) groups is 2. The Morgan fingerprint density at radius 1 is 1.00 bits per heavy atom. The van der Waals surface area contributed by atoms with E-state index in [0.717, 1.165) is 27.7 Å². The average molecular weight is 502 g/mol. The van der Waals surface area contributed by atoms with Crippen LogP contribution in [0.15, 0.2) is 59.2 Å².